The Hall–Kier alpha value is -0.490. The first kappa shape index (κ1) is 15.6. The number of nitrogens with one attached hydrogen (secondary N) is 1. The summed E-state index contributed by atoms with van der Waals surface area (Å²) >= 11 is 1.74. The van der Waals surface area contributed by atoms with Crippen LogP contribution in [0.2, 0.25) is 0 Å². The lowest BCUT2D eigenvalue weighted by atomic mass is 10.2. The fourth-order valence-corrected chi connectivity index (χ4v) is 2.77. The predicted octanol–water partition coefficient (Wildman–Crippen LogP) is 2.81. The van der Waals surface area contributed by atoms with E-state index in [-0.39, 0.29) is 12.3 Å². The molecule has 1 rings (SSSR count). The van der Waals surface area contributed by atoms with Gasteiger partial charge in [0.15, 0.2) is 6.29 Å². The molecule has 0 aromatic carbocycles. The maximum Gasteiger partial charge on any atom is 0.169 e. The van der Waals surface area contributed by atoms with Gasteiger partial charge in [0.05, 0.1) is 10.7 Å². The number of aryl methyl sites for hydroxylation is 2. The number of ether oxygens (including phenoxy) is 2. The summed E-state index contributed by atoms with van der Waals surface area (Å²) in [7, 11) is 0. The van der Waals surface area contributed by atoms with E-state index in [0.29, 0.717) is 19.8 Å². The minimum absolute atomic E-state index is 0.178. The van der Waals surface area contributed by atoms with Gasteiger partial charge in [0.1, 0.15) is 0 Å². The molecule has 1 aromatic heterocycles. The van der Waals surface area contributed by atoms with Crippen molar-refractivity contribution in [3.05, 3.63) is 15.6 Å². The zero-order valence-electron chi connectivity index (χ0n) is 11.9. The van der Waals surface area contributed by atoms with Gasteiger partial charge in [-0.15, -0.1) is 11.3 Å². The molecule has 0 saturated carbocycles. The van der Waals surface area contributed by atoms with Crippen LogP contribution in [0.15, 0.2) is 0 Å². The molecular formula is C13H24N2O2S. The van der Waals surface area contributed by atoms with Gasteiger partial charge in [-0.25, -0.2) is 4.98 Å². The molecule has 4 nitrogen and oxygen atoms in total. The van der Waals surface area contributed by atoms with Gasteiger partial charge in [-0.3, -0.25) is 0 Å². The third-order valence-corrected chi connectivity index (χ3v) is 3.55. The first-order chi connectivity index (χ1) is 8.58. The highest BCUT2D eigenvalue weighted by Crippen LogP contribution is 2.22. The normalized spacial score (nSPS) is 13.2. The number of thiazole rings is 1. The van der Waals surface area contributed by atoms with Crippen molar-refractivity contribution < 1.29 is 9.47 Å². The van der Waals surface area contributed by atoms with Gasteiger partial charge < -0.3 is 14.8 Å². The molecule has 104 valence electrons. The van der Waals surface area contributed by atoms with Crippen LogP contribution in [-0.2, 0) is 9.47 Å². The van der Waals surface area contributed by atoms with Crippen molar-refractivity contribution in [2.75, 3.05) is 19.8 Å². The lowest BCUT2D eigenvalue weighted by Crippen LogP contribution is -2.33. The first-order valence-electron chi connectivity index (χ1n) is 6.48. The standard InChI is InChI=1S/C13H24N2O2S/c1-6-16-12(17-7-2)8-14-9(3)13-10(4)18-11(5)15-13/h9,12,14H,6-8H2,1-5H3. The first-order valence-corrected chi connectivity index (χ1v) is 7.30. The van der Waals surface area contributed by atoms with Gasteiger partial charge in [0.2, 0.25) is 0 Å². The van der Waals surface area contributed by atoms with E-state index >= 15 is 0 Å². The number of aromatic nitrogens is 1. The van der Waals surface area contributed by atoms with Crippen LogP contribution in [0.5, 0.6) is 0 Å². The second-order valence-corrected chi connectivity index (χ2v) is 5.55. The average Bonchev–Trinajstić information content (AvgIpc) is 2.65. The molecule has 0 amide bonds. The van der Waals surface area contributed by atoms with Gasteiger partial charge in [-0.2, -0.15) is 0 Å². The van der Waals surface area contributed by atoms with Crippen molar-refractivity contribution in [2.24, 2.45) is 0 Å². The van der Waals surface area contributed by atoms with Gasteiger partial charge in [-0.1, -0.05) is 0 Å². The van der Waals surface area contributed by atoms with Crippen LogP contribution in [0.25, 0.3) is 0 Å². The van der Waals surface area contributed by atoms with E-state index in [4.69, 9.17) is 9.47 Å². The fraction of sp³-hybridized carbons (Fsp3) is 0.769. The molecule has 0 aliphatic heterocycles. The highest BCUT2D eigenvalue weighted by Gasteiger charge is 2.15. The SMILES string of the molecule is CCOC(CNC(C)c1nc(C)sc1C)OCC. The molecule has 0 fully saturated rings. The summed E-state index contributed by atoms with van der Waals surface area (Å²) in [6, 6.07) is 0.221. The molecule has 5 heteroatoms. The van der Waals surface area contributed by atoms with Crippen molar-refractivity contribution in [3.63, 3.8) is 0 Å². The van der Waals surface area contributed by atoms with Gasteiger partial charge in [-0.05, 0) is 34.6 Å². The largest absolute Gasteiger partial charge is 0.352 e. The Morgan fingerprint density at radius 2 is 1.83 bits per heavy atom. The molecule has 1 N–H and O–H groups in total. The molecule has 0 saturated heterocycles. The van der Waals surface area contributed by atoms with Crippen LogP contribution in [0.4, 0.5) is 0 Å². The van der Waals surface area contributed by atoms with Crippen LogP contribution in [0, 0.1) is 13.8 Å². The van der Waals surface area contributed by atoms with Crippen molar-refractivity contribution in [3.8, 4) is 0 Å². The minimum atomic E-state index is -0.178. The number of rotatable bonds is 8. The van der Waals surface area contributed by atoms with Crippen molar-refractivity contribution >= 4 is 11.3 Å². The maximum atomic E-state index is 5.50. The Labute approximate surface area is 114 Å². The van der Waals surface area contributed by atoms with Gasteiger partial charge in [0.25, 0.3) is 0 Å². The second-order valence-electron chi connectivity index (χ2n) is 4.14. The Balaban J connectivity index is 2.48. The smallest absolute Gasteiger partial charge is 0.169 e. The molecule has 0 aliphatic rings. The Morgan fingerprint density at radius 3 is 2.28 bits per heavy atom. The molecule has 0 bridgehead atoms. The topological polar surface area (TPSA) is 43.4 Å². The number of hydrogen-bond donors (Lipinski definition) is 1. The fourth-order valence-electron chi connectivity index (χ4n) is 1.85. The minimum Gasteiger partial charge on any atom is -0.352 e. The molecule has 0 spiro atoms. The number of nitrogens with zero attached hydrogens (tertiary/aromatic N) is 1. The van der Waals surface area contributed by atoms with E-state index in [1.165, 1.54) is 4.88 Å². The van der Waals surface area contributed by atoms with Crippen LogP contribution in [0.3, 0.4) is 0 Å². The maximum absolute atomic E-state index is 5.50. The summed E-state index contributed by atoms with van der Waals surface area (Å²) in [4.78, 5) is 5.83. The van der Waals surface area contributed by atoms with E-state index in [1.54, 1.807) is 11.3 Å². The van der Waals surface area contributed by atoms with E-state index in [9.17, 15) is 0 Å². The third-order valence-electron chi connectivity index (χ3n) is 2.65. The highest BCUT2D eigenvalue weighted by molar-refractivity contribution is 7.11. The van der Waals surface area contributed by atoms with Crippen LogP contribution >= 0.6 is 11.3 Å². The molecule has 1 unspecified atom stereocenters. The number of hydrogen-bond acceptors (Lipinski definition) is 5. The molecule has 0 radical (unpaired) electrons. The summed E-state index contributed by atoms with van der Waals surface area (Å²) in [6.07, 6.45) is -0.178. The van der Waals surface area contributed by atoms with Crippen molar-refractivity contribution in [1.82, 2.24) is 10.3 Å². The van der Waals surface area contributed by atoms with E-state index in [1.807, 2.05) is 20.8 Å². The summed E-state index contributed by atoms with van der Waals surface area (Å²) in [5.74, 6) is 0. The lowest BCUT2D eigenvalue weighted by molar-refractivity contribution is -0.133. The monoisotopic (exact) mass is 272 g/mol. The van der Waals surface area contributed by atoms with E-state index in [0.717, 1.165) is 10.7 Å². The second kappa shape index (κ2) is 7.84. The van der Waals surface area contributed by atoms with Crippen LogP contribution in [-0.4, -0.2) is 31.0 Å². The van der Waals surface area contributed by atoms with Crippen molar-refractivity contribution in [2.45, 2.75) is 47.0 Å². The summed E-state index contributed by atoms with van der Waals surface area (Å²) in [6.45, 7) is 12.2. The third kappa shape index (κ3) is 4.65. The molecule has 18 heavy (non-hydrogen) atoms. The summed E-state index contributed by atoms with van der Waals surface area (Å²) in [5, 5.41) is 4.53. The molecule has 1 atom stereocenters. The van der Waals surface area contributed by atoms with Gasteiger partial charge >= 0.3 is 0 Å². The average molecular weight is 272 g/mol. The zero-order chi connectivity index (χ0) is 13.5. The highest BCUT2D eigenvalue weighted by atomic mass is 32.1. The predicted molar refractivity (Wildman–Crippen MR) is 75.0 cm³/mol. The van der Waals surface area contributed by atoms with Crippen molar-refractivity contribution in [1.29, 1.82) is 0 Å². The molecule has 0 aliphatic carbocycles. The van der Waals surface area contributed by atoms with Gasteiger partial charge in [0, 0.05) is 30.7 Å². The summed E-state index contributed by atoms with van der Waals surface area (Å²) in [5.41, 5.74) is 1.13. The van der Waals surface area contributed by atoms with Crippen LogP contribution in [0.1, 0.15) is 42.4 Å². The summed E-state index contributed by atoms with van der Waals surface area (Å²) < 4.78 is 11.0. The van der Waals surface area contributed by atoms with E-state index in [2.05, 4.69) is 24.1 Å². The zero-order valence-corrected chi connectivity index (χ0v) is 12.8. The Bertz CT molecular complexity index is 349. The quantitative estimate of drug-likeness (QED) is 0.739. The Morgan fingerprint density at radius 1 is 1.22 bits per heavy atom. The Kier molecular flexibility index (Phi) is 6.78. The molecule has 1 heterocycles. The lowest BCUT2D eigenvalue weighted by Gasteiger charge is -2.20. The van der Waals surface area contributed by atoms with E-state index < -0.39 is 0 Å². The molecular weight excluding hydrogens is 248 g/mol. The molecule has 1 aromatic rings. The van der Waals surface area contributed by atoms with Crippen LogP contribution < -0.4 is 5.32 Å².